The van der Waals surface area contributed by atoms with E-state index in [-0.39, 0.29) is 0 Å². The SMILES string of the molecule is CCCOCc1cc2c(N=C3SCCC4Cc5ccccc5CN34)cccc2cn1. The van der Waals surface area contributed by atoms with Crippen LogP contribution in [0.1, 0.15) is 36.6 Å². The summed E-state index contributed by atoms with van der Waals surface area (Å²) in [6, 6.07) is 17.8. The van der Waals surface area contributed by atoms with Crippen LogP contribution < -0.4 is 0 Å². The van der Waals surface area contributed by atoms with Gasteiger partial charge in [0, 0.05) is 41.9 Å². The number of hydrogen-bond donors (Lipinski definition) is 0. The van der Waals surface area contributed by atoms with Gasteiger partial charge < -0.3 is 9.64 Å². The van der Waals surface area contributed by atoms with Crippen LogP contribution >= 0.6 is 11.8 Å². The molecule has 1 atom stereocenters. The molecule has 0 aliphatic carbocycles. The lowest BCUT2D eigenvalue weighted by atomic mass is 9.93. The molecule has 0 N–H and O–H groups in total. The van der Waals surface area contributed by atoms with Crippen LogP contribution in [0.3, 0.4) is 0 Å². The summed E-state index contributed by atoms with van der Waals surface area (Å²) in [5.74, 6) is 1.13. The molecule has 0 radical (unpaired) electrons. The second-order valence-electron chi connectivity index (χ2n) is 8.01. The minimum atomic E-state index is 0.550. The Morgan fingerprint density at radius 1 is 1.17 bits per heavy atom. The van der Waals surface area contributed by atoms with Crippen LogP contribution in [0.25, 0.3) is 10.8 Å². The molecule has 2 aliphatic heterocycles. The fourth-order valence-corrected chi connectivity index (χ4v) is 5.45. The van der Waals surface area contributed by atoms with Gasteiger partial charge in [-0.1, -0.05) is 55.1 Å². The van der Waals surface area contributed by atoms with Crippen molar-refractivity contribution >= 4 is 33.4 Å². The molecule has 0 spiro atoms. The summed E-state index contributed by atoms with van der Waals surface area (Å²) in [7, 11) is 0. The predicted molar refractivity (Wildman–Crippen MR) is 125 cm³/mol. The molecule has 1 unspecified atom stereocenters. The zero-order chi connectivity index (χ0) is 20.3. The number of rotatable bonds is 5. The van der Waals surface area contributed by atoms with Crippen LogP contribution in [0.15, 0.2) is 59.7 Å². The van der Waals surface area contributed by atoms with Gasteiger partial charge in [0.25, 0.3) is 0 Å². The van der Waals surface area contributed by atoms with E-state index in [2.05, 4.69) is 65.3 Å². The van der Waals surface area contributed by atoms with Crippen molar-refractivity contribution in [3.8, 4) is 0 Å². The van der Waals surface area contributed by atoms with E-state index >= 15 is 0 Å². The molecule has 2 aromatic carbocycles. The molecular weight excluding hydrogens is 390 g/mol. The van der Waals surface area contributed by atoms with Gasteiger partial charge in [-0.3, -0.25) is 4.98 Å². The van der Waals surface area contributed by atoms with Gasteiger partial charge in [0.15, 0.2) is 5.17 Å². The van der Waals surface area contributed by atoms with Crippen LogP contribution in [-0.2, 0) is 24.3 Å². The summed E-state index contributed by atoms with van der Waals surface area (Å²) in [5, 5.41) is 3.42. The molecular formula is C25H27N3OS. The second-order valence-corrected chi connectivity index (χ2v) is 9.07. The van der Waals surface area contributed by atoms with Gasteiger partial charge >= 0.3 is 0 Å². The maximum absolute atomic E-state index is 5.70. The van der Waals surface area contributed by atoms with E-state index < -0.39 is 0 Å². The van der Waals surface area contributed by atoms with Crippen molar-refractivity contribution in [2.45, 2.75) is 45.4 Å². The molecule has 2 aliphatic rings. The molecule has 3 aromatic rings. The highest BCUT2D eigenvalue weighted by Crippen LogP contribution is 2.35. The van der Waals surface area contributed by atoms with Crippen molar-refractivity contribution in [3.63, 3.8) is 0 Å². The summed E-state index contributed by atoms with van der Waals surface area (Å²) in [4.78, 5) is 12.3. The summed E-state index contributed by atoms with van der Waals surface area (Å²) >= 11 is 1.88. The zero-order valence-electron chi connectivity index (χ0n) is 17.4. The van der Waals surface area contributed by atoms with E-state index in [1.54, 1.807) is 0 Å². The number of amidine groups is 1. The van der Waals surface area contributed by atoms with Gasteiger partial charge in [-0.05, 0) is 42.5 Å². The lowest BCUT2D eigenvalue weighted by Crippen LogP contribution is -2.46. The Labute approximate surface area is 182 Å². The van der Waals surface area contributed by atoms with E-state index in [0.29, 0.717) is 12.6 Å². The van der Waals surface area contributed by atoms with Gasteiger partial charge in [-0.2, -0.15) is 0 Å². The number of benzene rings is 2. The number of aliphatic imine (C=N–C) groups is 1. The molecule has 1 saturated heterocycles. The number of thioether (sulfide) groups is 1. The Morgan fingerprint density at radius 2 is 2.07 bits per heavy atom. The van der Waals surface area contributed by atoms with Gasteiger partial charge in [0.05, 0.1) is 18.0 Å². The minimum absolute atomic E-state index is 0.550. The smallest absolute Gasteiger partial charge is 0.164 e. The normalized spacial score (nSPS) is 19.7. The first-order valence-corrected chi connectivity index (χ1v) is 11.8. The lowest BCUT2D eigenvalue weighted by Gasteiger charge is -2.41. The van der Waals surface area contributed by atoms with Crippen LogP contribution in [0.4, 0.5) is 5.69 Å². The quantitative estimate of drug-likeness (QED) is 0.498. The summed E-state index contributed by atoms with van der Waals surface area (Å²) < 4.78 is 5.70. The molecule has 5 rings (SSSR count). The van der Waals surface area contributed by atoms with Gasteiger partial charge in [0.2, 0.25) is 0 Å². The van der Waals surface area contributed by atoms with Crippen LogP contribution in [0, 0.1) is 0 Å². The first-order valence-electron chi connectivity index (χ1n) is 10.8. The maximum atomic E-state index is 5.70. The summed E-state index contributed by atoms with van der Waals surface area (Å²) in [5.41, 5.74) is 4.91. The number of ether oxygens (including phenoxy) is 1. The van der Waals surface area contributed by atoms with E-state index in [9.17, 15) is 0 Å². The predicted octanol–water partition coefficient (Wildman–Crippen LogP) is 5.71. The molecule has 154 valence electrons. The number of fused-ring (bicyclic) bond motifs is 3. The molecule has 5 heteroatoms. The van der Waals surface area contributed by atoms with Crippen LogP contribution in [0.2, 0.25) is 0 Å². The summed E-state index contributed by atoms with van der Waals surface area (Å²) in [6.45, 7) is 4.39. The summed E-state index contributed by atoms with van der Waals surface area (Å²) in [6.07, 6.45) is 5.30. The van der Waals surface area contributed by atoms with E-state index in [1.165, 1.54) is 17.5 Å². The van der Waals surface area contributed by atoms with Gasteiger partial charge in [-0.25, -0.2) is 4.99 Å². The number of pyridine rings is 1. The molecule has 0 saturated carbocycles. The average Bonchev–Trinajstić information content (AvgIpc) is 2.78. The van der Waals surface area contributed by atoms with Crippen molar-refractivity contribution < 1.29 is 4.74 Å². The third-order valence-corrected chi connectivity index (χ3v) is 6.92. The standard InChI is InChI=1S/C25H27N3OS/c1-2-11-29-17-21-14-23-19(15-26-21)8-5-9-24(23)27-25-28-16-20-7-4-3-6-18(20)13-22(28)10-12-30-25/h3-9,14-15,22H,2,10-13,16-17H2,1H3. The van der Waals surface area contributed by atoms with E-state index in [1.807, 2.05) is 18.0 Å². The number of hydrogen-bond acceptors (Lipinski definition) is 4. The van der Waals surface area contributed by atoms with Crippen LogP contribution in [-0.4, -0.2) is 33.5 Å². The first kappa shape index (κ1) is 19.6. The molecule has 30 heavy (non-hydrogen) atoms. The van der Waals surface area contributed by atoms with Crippen molar-refractivity contribution in [2.24, 2.45) is 4.99 Å². The third kappa shape index (κ3) is 3.96. The molecule has 4 nitrogen and oxygen atoms in total. The highest BCUT2D eigenvalue weighted by Gasteiger charge is 2.31. The Balaban J connectivity index is 1.48. The highest BCUT2D eigenvalue weighted by molar-refractivity contribution is 8.13. The highest BCUT2D eigenvalue weighted by atomic mass is 32.2. The Bertz CT molecular complexity index is 1080. The largest absolute Gasteiger partial charge is 0.375 e. The second kappa shape index (κ2) is 8.78. The zero-order valence-corrected chi connectivity index (χ0v) is 18.2. The maximum Gasteiger partial charge on any atom is 0.164 e. The van der Waals surface area contributed by atoms with Crippen molar-refractivity contribution in [3.05, 3.63) is 71.5 Å². The topological polar surface area (TPSA) is 37.7 Å². The third-order valence-electron chi connectivity index (χ3n) is 5.90. The Hall–Kier alpha value is -2.37. The number of aromatic nitrogens is 1. The Morgan fingerprint density at radius 3 is 2.97 bits per heavy atom. The molecule has 0 amide bonds. The van der Waals surface area contributed by atoms with Crippen molar-refractivity contribution in [2.75, 3.05) is 12.4 Å². The fraction of sp³-hybridized carbons (Fsp3) is 0.360. The number of nitrogens with zero attached hydrogens (tertiary/aromatic N) is 3. The molecule has 1 aromatic heterocycles. The van der Waals surface area contributed by atoms with Crippen molar-refractivity contribution in [1.29, 1.82) is 0 Å². The van der Waals surface area contributed by atoms with Crippen molar-refractivity contribution in [1.82, 2.24) is 9.88 Å². The van der Waals surface area contributed by atoms with Gasteiger partial charge in [0.1, 0.15) is 0 Å². The Kier molecular flexibility index (Phi) is 5.73. The molecule has 0 bridgehead atoms. The van der Waals surface area contributed by atoms with Crippen LogP contribution in [0.5, 0.6) is 0 Å². The van der Waals surface area contributed by atoms with E-state index in [4.69, 9.17) is 9.73 Å². The fourth-order valence-electron chi connectivity index (χ4n) is 4.33. The lowest BCUT2D eigenvalue weighted by molar-refractivity contribution is 0.119. The monoisotopic (exact) mass is 417 g/mol. The molecule has 3 heterocycles. The molecule has 1 fully saturated rings. The van der Waals surface area contributed by atoms with E-state index in [0.717, 1.165) is 59.1 Å². The first-order chi connectivity index (χ1) is 14.8. The minimum Gasteiger partial charge on any atom is -0.375 e. The van der Waals surface area contributed by atoms with Gasteiger partial charge in [-0.15, -0.1) is 0 Å². The average molecular weight is 418 g/mol.